The summed E-state index contributed by atoms with van der Waals surface area (Å²) in [7, 11) is -0.946. The second kappa shape index (κ2) is 21.1. The van der Waals surface area contributed by atoms with Gasteiger partial charge in [0.25, 0.3) is 11.6 Å². The Morgan fingerprint density at radius 2 is 1.68 bits per heavy atom. The van der Waals surface area contributed by atoms with Crippen LogP contribution in [0.15, 0.2) is 121 Å². The topological polar surface area (TPSA) is 195 Å². The molecule has 0 radical (unpaired) electrons. The summed E-state index contributed by atoms with van der Waals surface area (Å²) >= 11 is 0. The molecule has 3 aliphatic heterocycles. The molecule has 2 amide bonds. The molecule has 1 fully saturated rings. The monoisotopic (exact) mass is 993 g/mol. The van der Waals surface area contributed by atoms with Crippen molar-refractivity contribution in [3.63, 3.8) is 0 Å². The molecule has 72 heavy (non-hydrogen) atoms. The highest BCUT2D eigenvalue weighted by Crippen LogP contribution is 2.60. The molecule has 1 aromatic heterocycles. The van der Waals surface area contributed by atoms with E-state index >= 15 is 4.79 Å². The number of nitro benzene ring substituents is 1. The third-order valence-corrected chi connectivity index (χ3v) is 19.4. The summed E-state index contributed by atoms with van der Waals surface area (Å²) in [5.41, 5.74) is 3.90. The number of aryl methyl sites for hydroxylation is 1. The lowest BCUT2D eigenvalue weighted by Gasteiger charge is -2.37. The number of fused-ring (bicyclic) bond motifs is 3. The minimum atomic E-state index is -2.58. The molecule has 6 atom stereocenters. The van der Waals surface area contributed by atoms with Crippen molar-refractivity contribution >= 4 is 47.8 Å². The number of aromatic nitrogens is 3. The van der Waals surface area contributed by atoms with Crippen LogP contribution < -0.4 is 29.8 Å². The lowest BCUT2D eigenvalue weighted by atomic mass is 9.82. The van der Waals surface area contributed by atoms with Gasteiger partial charge in [-0.25, -0.2) is 0 Å². The van der Waals surface area contributed by atoms with E-state index in [2.05, 4.69) is 47.8 Å². The zero-order valence-electron chi connectivity index (χ0n) is 41.4. The molecule has 16 nitrogen and oxygen atoms in total. The van der Waals surface area contributed by atoms with Gasteiger partial charge in [-0.2, -0.15) is 0 Å². The summed E-state index contributed by atoms with van der Waals surface area (Å²) in [5.74, 6) is 0.291. The van der Waals surface area contributed by atoms with Crippen molar-refractivity contribution in [2.75, 3.05) is 43.3 Å². The van der Waals surface area contributed by atoms with E-state index in [4.69, 9.17) is 14.2 Å². The van der Waals surface area contributed by atoms with Gasteiger partial charge in [0.05, 0.1) is 75.0 Å². The number of carbonyl (C=O) groups excluding carboxylic acids is 2. The largest absolute Gasteiger partial charge is 0.497 e. The minimum absolute atomic E-state index is 0.0849. The van der Waals surface area contributed by atoms with Crippen LogP contribution in [0.2, 0.25) is 18.6 Å². The Hall–Kier alpha value is -6.76. The first-order chi connectivity index (χ1) is 34.8. The molecule has 2 unspecified atom stereocenters. The van der Waals surface area contributed by atoms with Crippen molar-refractivity contribution < 1.29 is 38.9 Å². The average molecular weight is 994 g/mol. The van der Waals surface area contributed by atoms with Crippen LogP contribution in [0.5, 0.6) is 11.5 Å². The van der Waals surface area contributed by atoms with E-state index in [9.17, 15) is 25.1 Å². The van der Waals surface area contributed by atoms with Crippen LogP contribution in [0.4, 0.5) is 22.7 Å². The van der Waals surface area contributed by atoms with Crippen LogP contribution >= 0.6 is 0 Å². The highest BCUT2D eigenvalue weighted by molar-refractivity contribution is 6.91. The Kier molecular flexibility index (Phi) is 14.7. The number of methoxy groups -OCH3 is 1. The lowest BCUT2D eigenvalue weighted by molar-refractivity contribution is -0.385. The molecule has 17 heteroatoms. The predicted molar refractivity (Wildman–Crippen MR) is 277 cm³/mol. The molecular formula is C55H63N7O9Si. The summed E-state index contributed by atoms with van der Waals surface area (Å²) < 4.78 is 20.5. The molecule has 3 aliphatic rings. The van der Waals surface area contributed by atoms with Crippen LogP contribution in [-0.2, 0) is 39.4 Å². The Labute approximate surface area is 420 Å². The summed E-state index contributed by atoms with van der Waals surface area (Å²) in [6, 6.07) is 35.3. The first-order valence-electron chi connectivity index (χ1n) is 24.8. The molecule has 0 saturated carbocycles. The van der Waals surface area contributed by atoms with E-state index in [1.165, 1.54) is 12.1 Å². The summed E-state index contributed by atoms with van der Waals surface area (Å²) in [6.45, 7) is 10.1. The predicted octanol–water partition coefficient (Wildman–Crippen LogP) is 7.52. The molecule has 376 valence electrons. The number of rotatable bonds is 20. The van der Waals surface area contributed by atoms with Crippen molar-refractivity contribution in [1.29, 1.82) is 0 Å². The van der Waals surface area contributed by atoms with Gasteiger partial charge in [-0.3, -0.25) is 29.3 Å². The van der Waals surface area contributed by atoms with Gasteiger partial charge in [-0.1, -0.05) is 85.0 Å². The number of aliphatic hydroxyl groups is 2. The number of amides is 2. The van der Waals surface area contributed by atoms with E-state index in [0.717, 1.165) is 45.5 Å². The van der Waals surface area contributed by atoms with Crippen molar-refractivity contribution in [3.05, 3.63) is 160 Å². The second-order valence-corrected chi connectivity index (χ2v) is 24.2. The van der Waals surface area contributed by atoms with Crippen LogP contribution in [0.3, 0.4) is 0 Å². The van der Waals surface area contributed by atoms with Crippen LogP contribution in [-0.4, -0.2) is 95.6 Å². The minimum Gasteiger partial charge on any atom is -0.497 e. The fraction of sp³-hybridized carbons (Fsp3) is 0.382. The Morgan fingerprint density at radius 1 is 0.944 bits per heavy atom. The number of aliphatic hydroxyl groups excluding tert-OH is 2. The smallest absolute Gasteiger partial charge is 0.269 e. The number of nitrogens with zero attached hydrogens (tertiary/aromatic N) is 6. The number of benzene rings is 5. The maximum atomic E-state index is 15.7. The number of non-ortho nitro benzene ring substituents is 1. The number of hydrogen-bond donors (Lipinski definition) is 3. The summed E-state index contributed by atoms with van der Waals surface area (Å²) in [6.07, 6.45) is 3.69. The second-order valence-electron chi connectivity index (χ2n) is 19.6. The third kappa shape index (κ3) is 9.42. The number of anilines is 3. The van der Waals surface area contributed by atoms with Gasteiger partial charge < -0.3 is 34.6 Å². The molecule has 1 saturated heterocycles. The highest BCUT2D eigenvalue weighted by atomic mass is 28.3. The molecule has 4 heterocycles. The maximum absolute atomic E-state index is 15.7. The van der Waals surface area contributed by atoms with Crippen molar-refractivity contribution in [1.82, 2.24) is 20.3 Å². The first-order valence-corrected chi connectivity index (χ1v) is 27.9. The Morgan fingerprint density at radius 3 is 2.38 bits per heavy atom. The van der Waals surface area contributed by atoms with Gasteiger partial charge in [0.1, 0.15) is 11.5 Å². The summed E-state index contributed by atoms with van der Waals surface area (Å²) in [5, 5.41) is 45.7. The zero-order chi connectivity index (χ0) is 50.7. The molecule has 3 N–H and O–H groups in total. The quantitative estimate of drug-likeness (QED) is 0.0295. The highest BCUT2D eigenvalue weighted by Gasteiger charge is 2.66. The van der Waals surface area contributed by atoms with Gasteiger partial charge in [0.15, 0.2) is 5.60 Å². The molecule has 0 aliphatic carbocycles. The van der Waals surface area contributed by atoms with Crippen molar-refractivity contribution in [3.8, 4) is 11.5 Å². The standard InChI is InChI=1S/C55H63N7O9Si/c1-6-70-43-21-25-49-39(30-43)31-47(56-27-10-11-29-63)53(65)61(49)40-16-14-37(15-17-40)33-60-50-24-18-41(62(67)68)32-46(50)55(54(60)66)36(2)52(72(4,5)44-22-19-42(69-3)20-23-44)51(71-55)26-28-59-34-48(57-58-59)45(35-64)38-12-8-7-9-13-38/h7-9,12-25,30,32,34,36,45,47,51-52,56,63-64H,6,10-11,26-29,31,33,35H2,1-5H3/t36-,45?,47?,51+,52-,55+/m1/s1. The molecule has 1 spiro atoms. The fourth-order valence-electron chi connectivity index (χ4n) is 11.4. The van der Waals surface area contributed by atoms with Crippen molar-refractivity contribution in [2.24, 2.45) is 5.92 Å². The van der Waals surface area contributed by atoms with Gasteiger partial charge in [0.2, 0.25) is 5.91 Å². The van der Waals surface area contributed by atoms with Crippen LogP contribution in [0, 0.1) is 16.0 Å². The molecule has 0 bridgehead atoms. The van der Waals surface area contributed by atoms with Gasteiger partial charge in [-0.15, -0.1) is 5.10 Å². The van der Waals surface area contributed by atoms with Crippen LogP contribution in [0.25, 0.3) is 0 Å². The fourth-order valence-corrected chi connectivity index (χ4v) is 15.5. The SMILES string of the molecule is CCOc1ccc2c(c1)CC(NCCCCO)C(=O)N2c1ccc(CN2C(=O)[C@@]3(O[C@@H](CCn4cc(C(CO)c5ccccc5)nn4)[C@H]([Si](C)(C)c4ccc(OC)cc4)[C@H]3C)c3cc([N+](=O)[O-])ccc32)cc1. The van der Waals surface area contributed by atoms with E-state index in [1.807, 2.05) is 98.0 Å². The molecule has 6 aromatic rings. The zero-order valence-corrected chi connectivity index (χ0v) is 42.4. The molecule has 9 rings (SSSR count). The van der Waals surface area contributed by atoms with E-state index < -0.39 is 36.7 Å². The molecular weight excluding hydrogens is 931 g/mol. The third-order valence-electron chi connectivity index (χ3n) is 15.0. The number of unbranched alkanes of at least 4 members (excludes halogenated alkanes) is 1. The van der Waals surface area contributed by atoms with E-state index in [-0.39, 0.29) is 48.7 Å². The van der Waals surface area contributed by atoms with Gasteiger partial charge >= 0.3 is 0 Å². The Balaban J connectivity index is 1.04. The van der Waals surface area contributed by atoms with Crippen molar-refractivity contribution in [2.45, 2.75) is 94.9 Å². The van der Waals surface area contributed by atoms with Gasteiger partial charge in [0, 0.05) is 48.6 Å². The first kappa shape index (κ1) is 50.2. The van der Waals surface area contributed by atoms with Crippen LogP contribution in [0.1, 0.15) is 67.0 Å². The maximum Gasteiger partial charge on any atom is 0.269 e. The number of carbonyl (C=O) groups is 2. The molecule has 5 aromatic carbocycles. The number of nitrogens with one attached hydrogen (secondary N) is 1. The summed E-state index contributed by atoms with van der Waals surface area (Å²) in [4.78, 5) is 45.4. The average Bonchev–Trinajstić information content (AvgIpc) is 4.05. The lowest BCUT2D eigenvalue weighted by Crippen LogP contribution is -2.51. The van der Waals surface area contributed by atoms with E-state index in [1.54, 1.807) is 27.7 Å². The Bertz CT molecular complexity index is 2900. The number of hydrogen-bond acceptors (Lipinski definition) is 12. The normalized spacial score (nSPS) is 21.0. The number of ether oxygens (including phenoxy) is 3. The van der Waals surface area contributed by atoms with Gasteiger partial charge in [-0.05, 0) is 110 Å². The number of nitro groups is 1. The van der Waals surface area contributed by atoms with E-state index in [0.29, 0.717) is 61.6 Å².